The van der Waals surface area contributed by atoms with E-state index in [1.165, 1.54) is 5.56 Å². The molecule has 0 unspecified atom stereocenters. The van der Waals surface area contributed by atoms with Gasteiger partial charge in [0.25, 0.3) is 0 Å². The van der Waals surface area contributed by atoms with Crippen molar-refractivity contribution in [2.24, 2.45) is 11.1 Å². The van der Waals surface area contributed by atoms with E-state index in [0.717, 1.165) is 18.8 Å². The van der Waals surface area contributed by atoms with Crippen molar-refractivity contribution in [1.29, 1.82) is 0 Å². The van der Waals surface area contributed by atoms with E-state index in [0.29, 0.717) is 13.2 Å². The zero-order chi connectivity index (χ0) is 13.6. The first-order valence-electron chi connectivity index (χ1n) is 6.58. The van der Waals surface area contributed by atoms with Crippen LogP contribution in [0.3, 0.4) is 0 Å². The van der Waals surface area contributed by atoms with Crippen LogP contribution >= 0.6 is 0 Å². The molecular formula is C15H26N2O. The lowest BCUT2D eigenvalue weighted by molar-refractivity contribution is 0.207. The van der Waals surface area contributed by atoms with Gasteiger partial charge in [-0.2, -0.15) is 0 Å². The van der Waals surface area contributed by atoms with Gasteiger partial charge in [-0.05, 0) is 32.0 Å². The number of ether oxygens (including phenoxy) is 1. The van der Waals surface area contributed by atoms with E-state index in [1.807, 2.05) is 19.1 Å². The molecule has 18 heavy (non-hydrogen) atoms. The van der Waals surface area contributed by atoms with Crippen molar-refractivity contribution in [3.8, 4) is 5.75 Å². The van der Waals surface area contributed by atoms with Crippen molar-refractivity contribution in [2.75, 3.05) is 26.7 Å². The Balaban J connectivity index is 2.66. The number of rotatable bonds is 7. The number of hydrogen-bond acceptors (Lipinski definition) is 3. The summed E-state index contributed by atoms with van der Waals surface area (Å²) in [5, 5.41) is 0. The van der Waals surface area contributed by atoms with Gasteiger partial charge in [0.2, 0.25) is 0 Å². The molecule has 0 aliphatic heterocycles. The molecule has 3 heteroatoms. The lowest BCUT2D eigenvalue weighted by Gasteiger charge is -2.29. The summed E-state index contributed by atoms with van der Waals surface area (Å²) in [5.41, 5.74) is 7.15. The Morgan fingerprint density at radius 3 is 2.56 bits per heavy atom. The van der Waals surface area contributed by atoms with Gasteiger partial charge in [-0.25, -0.2) is 0 Å². The predicted octanol–water partition coefficient (Wildman–Crippen LogP) is 2.50. The topological polar surface area (TPSA) is 38.5 Å². The molecule has 0 aliphatic rings. The van der Waals surface area contributed by atoms with E-state index in [4.69, 9.17) is 10.5 Å². The SMILES string of the molecule is CCOc1ccccc1CN(C)CC(C)(C)CN. The number of para-hydroxylation sites is 1. The Hall–Kier alpha value is -1.06. The van der Waals surface area contributed by atoms with Crippen LogP contribution in [0.5, 0.6) is 5.75 Å². The Bertz CT molecular complexity index is 363. The summed E-state index contributed by atoms with van der Waals surface area (Å²) < 4.78 is 5.64. The second-order valence-electron chi connectivity index (χ2n) is 5.58. The van der Waals surface area contributed by atoms with Crippen LogP contribution in [0.15, 0.2) is 24.3 Å². The molecule has 102 valence electrons. The predicted molar refractivity (Wildman–Crippen MR) is 76.8 cm³/mol. The van der Waals surface area contributed by atoms with E-state index in [-0.39, 0.29) is 5.41 Å². The van der Waals surface area contributed by atoms with Crippen molar-refractivity contribution in [3.63, 3.8) is 0 Å². The standard InChI is InChI=1S/C15H26N2O/c1-5-18-14-9-7-6-8-13(14)10-17(4)12-15(2,3)11-16/h6-9H,5,10-12,16H2,1-4H3. The van der Waals surface area contributed by atoms with Crippen LogP contribution in [-0.2, 0) is 6.54 Å². The second-order valence-corrected chi connectivity index (χ2v) is 5.58. The van der Waals surface area contributed by atoms with Gasteiger partial charge in [0.15, 0.2) is 0 Å². The fraction of sp³-hybridized carbons (Fsp3) is 0.600. The quantitative estimate of drug-likeness (QED) is 0.808. The highest BCUT2D eigenvalue weighted by molar-refractivity contribution is 5.33. The third-order valence-electron chi connectivity index (χ3n) is 2.96. The summed E-state index contributed by atoms with van der Waals surface area (Å²) in [6, 6.07) is 8.22. The highest BCUT2D eigenvalue weighted by atomic mass is 16.5. The lowest BCUT2D eigenvalue weighted by atomic mass is 9.93. The molecule has 0 radical (unpaired) electrons. The van der Waals surface area contributed by atoms with Gasteiger partial charge in [0.1, 0.15) is 5.75 Å². The lowest BCUT2D eigenvalue weighted by Crippen LogP contribution is -2.36. The minimum absolute atomic E-state index is 0.148. The summed E-state index contributed by atoms with van der Waals surface area (Å²) in [5.74, 6) is 0.984. The molecule has 0 aromatic heterocycles. The normalized spacial score (nSPS) is 11.9. The summed E-state index contributed by atoms with van der Waals surface area (Å²) >= 11 is 0. The first-order valence-corrected chi connectivity index (χ1v) is 6.58. The first kappa shape index (κ1) is 15.0. The van der Waals surface area contributed by atoms with Gasteiger partial charge < -0.3 is 15.4 Å². The van der Waals surface area contributed by atoms with Crippen molar-refractivity contribution in [3.05, 3.63) is 29.8 Å². The maximum atomic E-state index is 5.77. The molecule has 0 saturated carbocycles. The average Bonchev–Trinajstić information content (AvgIpc) is 2.31. The van der Waals surface area contributed by atoms with E-state index < -0.39 is 0 Å². The van der Waals surface area contributed by atoms with Crippen molar-refractivity contribution in [2.45, 2.75) is 27.3 Å². The maximum absolute atomic E-state index is 5.77. The van der Waals surface area contributed by atoms with Crippen LogP contribution in [0, 0.1) is 5.41 Å². The average molecular weight is 250 g/mol. The molecule has 0 saturated heterocycles. The molecule has 1 aromatic carbocycles. The Labute approximate surface area is 111 Å². The highest BCUT2D eigenvalue weighted by Crippen LogP contribution is 2.21. The minimum atomic E-state index is 0.148. The zero-order valence-electron chi connectivity index (χ0n) is 12.1. The van der Waals surface area contributed by atoms with Crippen LogP contribution in [0.4, 0.5) is 0 Å². The van der Waals surface area contributed by atoms with Gasteiger partial charge >= 0.3 is 0 Å². The molecule has 0 bridgehead atoms. The van der Waals surface area contributed by atoms with Crippen molar-refractivity contribution < 1.29 is 4.74 Å². The molecule has 1 aromatic rings. The molecule has 0 fully saturated rings. The third kappa shape index (κ3) is 4.67. The molecule has 3 nitrogen and oxygen atoms in total. The number of nitrogens with two attached hydrogens (primary N) is 1. The summed E-state index contributed by atoms with van der Waals surface area (Å²) in [7, 11) is 2.13. The molecule has 1 rings (SSSR count). The number of benzene rings is 1. The highest BCUT2D eigenvalue weighted by Gasteiger charge is 2.18. The molecule has 0 spiro atoms. The fourth-order valence-corrected chi connectivity index (χ4v) is 2.07. The van der Waals surface area contributed by atoms with Crippen LogP contribution in [0.25, 0.3) is 0 Å². The fourth-order valence-electron chi connectivity index (χ4n) is 2.07. The Morgan fingerprint density at radius 2 is 1.94 bits per heavy atom. The molecule has 0 amide bonds. The minimum Gasteiger partial charge on any atom is -0.494 e. The van der Waals surface area contributed by atoms with Gasteiger partial charge in [-0.3, -0.25) is 0 Å². The van der Waals surface area contributed by atoms with Crippen molar-refractivity contribution in [1.82, 2.24) is 4.90 Å². The first-order chi connectivity index (χ1) is 8.48. The molecule has 0 aliphatic carbocycles. The monoisotopic (exact) mass is 250 g/mol. The van der Waals surface area contributed by atoms with Crippen LogP contribution in [0.2, 0.25) is 0 Å². The molecule has 2 N–H and O–H groups in total. The largest absolute Gasteiger partial charge is 0.494 e. The van der Waals surface area contributed by atoms with Crippen LogP contribution in [0.1, 0.15) is 26.3 Å². The van der Waals surface area contributed by atoms with Crippen LogP contribution in [-0.4, -0.2) is 31.6 Å². The maximum Gasteiger partial charge on any atom is 0.123 e. The van der Waals surface area contributed by atoms with Gasteiger partial charge in [0, 0.05) is 18.7 Å². The van der Waals surface area contributed by atoms with Gasteiger partial charge in [-0.1, -0.05) is 32.0 Å². The smallest absolute Gasteiger partial charge is 0.123 e. The Morgan fingerprint density at radius 1 is 1.28 bits per heavy atom. The zero-order valence-corrected chi connectivity index (χ0v) is 12.1. The van der Waals surface area contributed by atoms with E-state index in [1.54, 1.807) is 0 Å². The van der Waals surface area contributed by atoms with E-state index >= 15 is 0 Å². The van der Waals surface area contributed by atoms with E-state index in [9.17, 15) is 0 Å². The summed E-state index contributed by atoms with van der Waals surface area (Å²) in [6.45, 7) is 9.66. The second kappa shape index (κ2) is 6.76. The molecule has 0 atom stereocenters. The summed E-state index contributed by atoms with van der Waals surface area (Å²) in [4.78, 5) is 2.30. The summed E-state index contributed by atoms with van der Waals surface area (Å²) in [6.07, 6.45) is 0. The number of hydrogen-bond donors (Lipinski definition) is 1. The van der Waals surface area contributed by atoms with E-state index in [2.05, 4.69) is 37.9 Å². The third-order valence-corrected chi connectivity index (χ3v) is 2.96. The Kier molecular flexibility index (Phi) is 5.63. The van der Waals surface area contributed by atoms with Crippen LogP contribution < -0.4 is 10.5 Å². The molecular weight excluding hydrogens is 224 g/mol. The van der Waals surface area contributed by atoms with Crippen molar-refractivity contribution >= 4 is 0 Å². The molecule has 0 heterocycles. The van der Waals surface area contributed by atoms with Gasteiger partial charge in [0.05, 0.1) is 6.61 Å². The number of nitrogens with zero attached hydrogens (tertiary/aromatic N) is 1. The van der Waals surface area contributed by atoms with Gasteiger partial charge in [-0.15, -0.1) is 0 Å².